The first-order valence-electron chi connectivity index (χ1n) is 11.4. The number of ether oxygens (including phenoxy) is 2. The maximum absolute atomic E-state index is 12.0. The van der Waals surface area contributed by atoms with Crippen LogP contribution in [0.5, 0.6) is 0 Å². The standard InChI is InChI=1S/C26H29N3O3/c1-4-28-22-8-6-5-7-19(22)20-15-17(9-11-23(20)28)25-27-21-16-18(26(30)32-3)10-12-24(21)29(25)13-14-31-2/h9-12,15-16H,4-8,13-14H2,1-3H3. The number of hydrogen-bond acceptors (Lipinski definition) is 4. The Morgan fingerprint density at radius 2 is 1.84 bits per heavy atom. The number of rotatable bonds is 6. The molecule has 1 aliphatic carbocycles. The second kappa shape index (κ2) is 8.43. The molecule has 0 saturated carbocycles. The van der Waals surface area contributed by atoms with E-state index in [4.69, 9.17) is 14.5 Å². The Bertz CT molecular complexity index is 1320. The SMILES string of the molecule is CCn1c2c(c3cc(-c4nc5cc(C(=O)OC)ccc5n4CCOC)ccc31)CCCC2. The lowest BCUT2D eigenvalue weighted by molar-refractivity contribution is 0.0601. The van der Waals surface area contributed by atoms with Gasteiger partial charge in [-0.05, 0) is 74.6 Å². The van der Waals surface area contributed by atoms with Crippen LogP contribution in [-0.2, 0) is 35.4 Å². The lowest BCUT2D eigenvalue weighted by Gasteiger charge is -2.14. The summed E-state index contributed by atoms with van der Waals surface area (Å²) < 4.78 is 14.9. The first kappa shape index (κ1) is 20.8. The minimum atomic E-state index is -0.353. The predicted octanol–water partition coefficient (Wildman–Crippen LogP) is 4.99. The van der Waals surface area contributed by atoms with Crippen LogP contribution in [0.2, 0.25) is 0 Å². The van der Waals surface area contributed by atoms with Crippen molar-refractivity contribution in [1.29, 1.82) is 0 Å². The van der Waals surface area contributed by atoms with Gasteiger partial charge in [0.2, 0.25) is 0 Å². The lowest BCUT2D eigenvalue weighted by atomic mass is 9.95. The summed E-state index contributed by atoms with van der Waals surface area (Å²) in [6.07, 6.45) is 4.83. The van der Waals surface area contributed by atoms with E-state index in [1.54, 1.807) is 13.2 Å². The minimum Gasteiger partial charge on any atom is -0.465 e. The molecular weight excluding hydrogens is 402 g/mol. The Morgan fingerprint density at radius 3 is 2.62 bits per heavy atom. The van der Waals surface area contributed by atoms with Gasteiger partial charge < -0.3 is 18.6 Å². The van der Waals surface area contributed by atoms with Gasteiger partial charge in [-0.2, -0.15) is 0 Å². The van der Waals surface area contributed by atoms with Crippen molar-refractivity contribution in [2.45, 2.75) is 45.7 Å². The number of esters is 1. The molecule has 2 aromatic heterocycles. The van der Waals surface area contributed by atoms with Crippen LogP contribution in [0, 0.1) is 0 Å². The number of nitrogens with zero attached hydrogens (tertiary/aromatic N) is 3. The van der Waals surface area contributed by atoms with Gasteiger partial charge in [0.25, 0.3) is 0 Å². The lowest BCUT2D eigenvalue weighted by Crippen LogP contribution is -2.06. The van der Waals surface area contributed by atoms with E-state index < -0.39 is 0 Å². The molecule has 166 valence electrons. The maximum atomic E-state index is 12.0. The van der Waals surface area contributed by atoms with Gasteiger partial charge in [-0.15, -0.1) is 0 Å². The summed E-state index contributed by atoms with van der Waals surface area (Å²) in [6, 6.07) is 12.3. The van der Waals surface area contributed by atoms with E-state index in [1.165, 1.54) is 42.1 Å². The number of carbonyl (C=O) groups is 1. The van der Waals surface area contributed by atoms with Crippen molar-refractivity contribution in [2.75, 3.05) is 20.8 Å². The van der Waals surface area contributed by atoms with Gasteiger partial charge in [0, 0.05) is 42.4 Å². The van der Waals surface area contributed by atoms with E-state index in [9.17, 15) is 4.79 Å². The Morgan fingerprint density at radius 1 is 1.03 bits per heavy atom. The number of methoxy groups -OCH3 is 2. The fourth-order valence-corrected chi connectivity index (χ4v) is 5.14. The van der Waals surface area contributed by atoms with Crippen LogP contribution in [0.1, 0.15) is 41.4 Å². The number of imidazole rings is 1. The second-order valence-corrected chi connectivity index (χ2v) is 8.38. The maximum Gasteiger partial charge on any atom is 0.337 e. The van der Waals surface area contributed by atoms with Crippen molar-refractivity contribution < 1.29 is 14.3 Å². The van der Waals surface area contributed by atoms with Crippen LogP contribution >= 0.6 is 0 Å². The molecule has 0 N–H and O–H groups in total. The first-order chi connectivity index (χ1) is 15.7. The van der Waals surface area contributed by atoms with Crippen molar-refractivity contribution in [1.82, 2.24) is 14.1 Å². The minimum absolute atomic E-state index is 0.353. The zero-order valence-corrected chi connectivity index (χ0v) is 19.0. The van der Waals surface area contributed by atoms with Crippen LogP contribution in [-0.4, -0.2) is 40.9 Å². The molecule has 0 spiro atoms. The average Bonchev–Trinajstić information content (AvgIpc) is 3.36. The smallest absolute Gasteiger partial charge is 0.337 e. The Hall–Kier alpha value is -3.12. The molecule has 0 atom stereocenters. The van der Waals surface area contributed by atoms with Crippen LogP contribution in [0.4, 0.5) is 0 Å². The molecule has 6 heteroatoms. The highest BCUT2D eigenvalue weighted by atomic mass is 16.5. The van der Waals surface area contributed by atoms with E-state index in [-0.39, 0.29) is 5.97 Å². The number of fused-ring (bicyclic) bond motifs is 4. The van der Waals surface area contributed by atoms with Gasteiger partial charge in [0.1, 0.15) is 5.82 Å². The number of hydrogen-bond donors (Lipinski definition) is 0. The van der Waals surface area contributed by atoms with Crippen LogP contribution in [0.25, 0.3) is 33.3 Å². The van der Waals surface area contributed by atoms with Crippen LogP contribution in [0.3, 0.4) is 0 Å². The molecule has 0 amide bonds. The van der Waals surface area contributed by atoms with E-state index in [1.807, 2.05) is 12.1 Å². The Kier molecular flexibility index (Phi) is 5.47. The van der Waals surface area contributed by atoms with Crippen molar-refractivity contribution in [3.05, 3.63) is 53.2 Å². The molecule has 6 nitrogen and oxygen atoms in total. The number of carbonyl (C=O) groups excluding carboxylic acids is 1. The monoisotopic (exact) mass is 431 g/mol. The molecule has 5 rings (SSSR count). The molecule has 2 aromatic carbocycles. The summed E-state index contributed by atoms with van der Waals surface area (Å²) in [5.41, 5.74) is 7.68. The van der Waals surface area contributed by atoms with Gasteiger partial charge in [-0.3, -0.25) is 0 Å². The van der Waals surface area contributed by atoms with Gasteiger partial charge in [0.05, 0.1) is 30.3 Å². The molecule has 0 radical (unpaired) electrons. The predicted molar refractivity (Wildman–Crippen MR) is 126 cm³/mol. The van der Waals surface area contributed by atoms with Crippen LogP contribution < -0.4 is 0 Å². The van der Waals surface area contributed by atoms with Gasteiger partial charge in [-0.1, -0.05) is 0 Å². The van der Waals surface area contributed by atoms with Crippen LogP contribution in [0.15, 0.2) is 36.4 Å². The molecule has 0 bridgehead atoms. The largest absolute Gasteiger partial charge is 0.465 e. The molecule has 0 unspecified atom stereocenters. The second-order valence-electron chi connectivity index (χ2n) is 8.38. The zero-order chi connectivity index (χ0) is 22.2. The topological polar surface area (TPSA) is 58.3 Å². The van der Waals surface area contributed by atoms with Crippen molar-refractivity contribution in [2.24, 2.45) is 0 Å². The molecule has 2 heterocycles. The van der Waals surface area contributed by atoms with Crippen molar-refractivity contribution >= 4 is 27.9 Å². The summed E-state index contributed by atoms with van der Waals surface area (Å²) in [7, 11) is 3.10. The average molecular weight is 432 g/mol. The molecule has 1 aliphatic rings. The molecule has 0 aliphatic heterocycles. The summed E-state index contributed by atoms with van der Waals surface area (Å²) >= 11 is 0. The third kappa shape index (κ3) is 3.30. The normalized spacial score (nSPS) is 13.6. The highest BCUT2D eigenvalue weighted by molar-refractivity contribution is 5.95. The molecule has 0 saturated heterocycles. The fraction of sp³-hybridized carbons (Fsp3) is 0.385. The van der Waals surface area contributed by atoms with Gasteiger partial charge in [-0.25, -0.2) is 9.78 Å². The van der Waals surface area contributed by atoms with Gasteiger partial charge >= 0.3 is 5.97 Å². The summed E-state index contributed by atoms with van der Waals surface area (Å²) in [4.78, 5) is 17.0. The summed E-state index contributed by atoms with van der Waals surface area (Å²) in [5.74, 6) is 0.545. The zero-order valence-electron chi connectivity index (χ0n) is 19.0. The molecular formula is C26H29N3O3. The van der Waals surface area contributed by atoms with E-state index >= 15 is 0 Å². The van der Waals surface area contributed by atoms with Crippen molar-refractivity contribution in [3.8, 4) is 11.4 Å². The summed E-state index contributed by atoms with van der Waals surface area (Å²) in [5, 5.41) is 1.35. The first-order valence-corrected chi connectivity index (χ1v) is 11.4. The van der Waals surface area contributed by atoms with E-state index in [0.29, 0.717) is 18.7 Å². The third-order valence-corrected chi connectivity index (χ3v) is 6.64. The Labute approximate surface area is 187 Å². The number of benzene rings is 2. The third-order valence-electron chi connectivity index (χ3n) is 6.64. The number of aryl methyl sites for hydroxylation is 2. The highest BCUT2D eigenvalue weighted by Crippen LogP contribution is 2.35. The molecule has 4 aromatic rings. The highest BCUT2D eigenvalue weighted by Gasteiger charge is 2.21. The van der Waals surface area contributed by atoms with Gasteiger partial charge in [0.15, 0.2) is 0 Å². The molecule has 0 fully saturated rings. The quantitative estimate of drug-likeness (QED) is 0.404. The summed E-state index contributed by atoms with van der Waals surface area (Å²) in [6.45, 7) is 4.49. The fourth-order valence-electron chi connectivity index (χ4n) is 5.14. The Balaban J connectivity index is 1.69. The van der Waals surface area contributed by atoms with E-state index in [0.717, 1.165) is 41.8 Å². The van der Waals surface area contributed by atoms with Crippen molar-refractivity contribution in [3.63, 3.8) is 0 Å². The number of aromatic nitrogens is 3. The molecule has 32 heavy (non-hydrogen) atoms. The van der Waals surface area contributed by atoms with E-state index in [2.05, 4.69) is 34.3 Å².